The second kappa shape index (κ2) is 8.81. The Hall–Kier alpha value is -1.37. The van der Waals surface area contributed by atoms with E-state index in [0.29, 0.717) is 11.7 Å². The predicted octanol–water partition coefficient (Wildman–Crippen LogP) is 1.70. The number of morpholine rings is 1. The van der Waals surface area contributed by atoms with E-state index >= 15 is 0 Å². The largest absolute Gasteiger partial charge is 0.494 e. The Labute approximate surface area is 131 Å². The summed E-state index contributed by atoms with van der Waals surface area (Å²) in [6.07, 6.45) is 0. The normalized spacial score (nSPS) is 15.5. The summed E-state index contributed by atoms with van der Waals surface area (Å²) in [5.41, 5.74) is 0.960. The number of thiocarbonyl (C=S) groups is 1. The average Bonchev–Trinajstić information content (AvgIpc) is 2.51. The standard InChI is InChI=1S/C15H23N3O2S/c1-2-20-14-5-3-13(4-6-14)17-15(21)16-7-8-18-9-11-19-12-10-18/h3-6H,2,7-12H2,1H3,(H2,16,17,21). The summed E-state index contributed by atoms with van der Waals surface area (Å²) in [6, 6.07) is 7.78. The SMILES string of the molecule is CCOc1ccc(NC(=S)NCCN2CCOCC2)cc1. The van der Waals surface area contributed by atoms with Gasteiger partial charge < -0.3 is 20.1 Å². The van der Waals surface area contributed by atoms with Crippen LogP contribution in [0.3, 0.4) is 0 Å². The van der Waals surface area contributed by atoms with Gasteiger partial charge in [0.1, 0.15) is 5.75 Å². The third-order valence-electron chi connectivity index (χ3n) is 3.24. The number of hydrogen-bond donors (Lipinski definition) is 2. The fourth-order valence-corrected chi connectivity index (χ4v) is 2.35. The van der Waals surface area contributed by atoms with Crippen molar-refractivity contribution >= 4 is 23.0 Å². The molecule has 6 heteroatoms. The molecule has 1 aromatic rings. The number of anilines is 1. The molecule has 0 bridgehead atoms. The Morgan fingerprint density at radius 1 is 1.29 bits per heavy atom. The molecule has 5 nitrogen and oxygen atoms in total. The Morgan fingerprint density at radius 2 is 2.00 bits per heavy atom. The van der Waals surface area contributed by atoms with Gasteiger partial charge in [0.15, 0.2) is 5.11 Å². The van der Waals surface area contributed by atoms with Gasteiger partial charge in [0.25, 0.3) is 0 Å². The summed E-state index contributed by atoms with van der Waals surface area (Å²) in [5.74, 6) is 0.870. The molecule has 0 spiro atoms. The first-order chi connectivity index (χ1) is 10.3. The summed E-state index contributed by atoms with van der Waals surface area (Å²) >= 11 is 5.29. The summed E-state index contributed by atoms with van der Waals surface area (Å²) in [6.45, 7) is 8.12. The van der Waals surface area contributed by atoms with Crippen LogP contribution in [0.15, 0.2) is 24.3 Å². The molecule has 1 aliphatic rings. The molecule has 0 radical (unpaired) electrons. The quantitative estimate of drug-likeness (QED) is 0.780. The lowest BCUT2D eigenvalue weighted by Crippen LogP contribution is -2.42. The highest BCUT2D eigenvalue weighted by molar-refractivity contribution is 7.80. The van der Waals surface area contributed by atoms with Crippen molar-refractivity contribution in [3.8, 4) is 5.75 Å². The lowest BCUT2D eigenvalue weighted by molar-refractivity contribution is 0.0389. The lowest BCUT2D eigenvalue weighted by atomic mass is 10.3. The summed E-state index contributed by atoms with van der Waals surface area (Å²) < 4.78 is 10.7. The molecular weight excluding hydrogens is 286 g/mol. The number of nitrogens with one attached hydrogen (secondary N) is 2. The second-order valence-electron chi connectivity index (χ2n) is 4.79. The molecule has 0 atom stereocenters. The minimum absolute atomic E-state index is 0.646. The third-order valence-corrected chi connectivity index (χ3v) is 3.49. The van der Waals surface area contributed by atoms with Crippen LogP contribution in [0.5, 0.6) is 5.75 Å². The van der Waals surface area contributed by atoms with Crippen LogP contribution < -0.4 is 15.4 Å². The van der Waals surface area contributed by atoms with Crippen LogP contribution in [-0.4, -0.2) is 56.0 Å². The number of hydrogen-bond acceptors (Lipinski definition) is 4. The van der Waals surface area contributed by atoms with E-state index in [1.807, 2.05) is 31.2 Å². The van der Waals surface area contributed by atoms with Gasteiger partial charge in [0.2, 0.25) is 0 Å². The fourth-order valence-electron chi connectivity index (χ4n) is 2.13. The third kappa shape index (κ3) is 5.87. The molecule has 116 valence electrons. The van der Waals surface area contributed by atoms with Gasteiger partial charge in [-0.25, -0.2) is 0 Å². The average molecular weight is 309 g/mol. The molecule has 1 fully saturated rings. The molecular formula is C15H23N3O2S. The maximum Gasteiger partial charge on any atom is 0.170 e. The number of nitrogens with zero attached hydrogens (tertiary/aromatic N) is 1. The molecule has 2 N–H and O–H groups in total. The molecule has 1 saturated heterocycles. The second-order valence-corrected chi connectivity index (χ2v) is 5.20. The van der Waals surface area contributed by atoms with Gasteiger partial charge in [0, 0.05) is 31.9 Å². The van der Waals surface area contributed by atoms with Crippen LogP contribution in [-0.2, 0) is 4.74 Å². The minimum atomic E-state index is 0.646. The van der Waals surface area contributed by atoms with Crippen LogP contribution in [0.25, 0.3) is 0 Å². The monoisotopic (exact) mass is 309 g/mol. The molecule has 0 amide bonds. The van der Waals surface area contributed by atoms with E-state index in [2.05, 4.69) is 15.5 Å². The Balaban J connectivity index is 1.66. The first kappa shape index (κ1) is 16.0. The van der Waals surface area contributed by atoms with Crippen molar-refractivity contribution < 1.29 is 9.47 Å². The van der Waals surface area contributed by atoms with Gasteiger partial charge in [-0.05, 0) is 43.4 Å². The summed E-state index contributed by atoms with van der Waals surface area (Å²) in [4.78, 5) is 2.37. The molecule has 0 saturated carbocycles. The Morgan fingerprint density at radius 3 is 2.67 bits per heavy atom. The number of rotatable bonds is 6. The zero-order valence-corrected chi connectivity index (χ0v) is 13.2. The van der Waals surface area contributed by atoms with Crippen molar-refractivity contribution in [2.24, 2.45) is 0 Å². The summed E-state index contributed by atoms with van der Waals surface area (Å²) in [7, 11) is 0. The van der Waals surface area contributed by atoms with E-state index < -0.39 is 0 Å². The maximum atomic E-state index is 5.41. The van der Waals surface area contributed by atoms with Crippen molar-refractivity contribution in [2.45, 2.75) is 6.92 Å². The molecule has 1 aliphatic heterocycles. The van der Waals surface area contributed by atoms with Crippen LogP contribution in [0.1, 0.15) is 6.92 Å². The zero-order chi connectivity index (χ0) is 14.9. The van der Waals surface area contributed by atoms with Gasteiger partial charge in [-0.2, -0.15) is 0 Å². The van der Waals surface area contributed by atoms with E-state index in [1.54, 1.807) is 0 Å². The zero-order valence-electron chi connectivity index (χ0n) is 12.4. The van der Waals surface area contributed by atoms with Gasteiger partial charge in [-0.1, -0.05) is 0 Å². The van der Waals surface area contributed by atoms with E-state index in [4.69, 9.17) is 21.7 Å². The van der Waals surface area contributed by atoms with Crippen molar-refractivity contribution in [1.82, 2.24) is 10.2 Å². The van der Waals surface area contributed by atoms with Gasteiger partial charge >= 0.3 is 0 Å². The Bertz CT molecular complexity index is 433. The molecule has 0 unspecified atom stereocenters. The van der Waals surface area contributed by atoms with E-state index in [-0.39, 0.29) is 0 Å². The van der Waals surface area contributed by atoms with Crippen LogP contribution in [0.4, 0.5) is 5.69 Å². The van der Waals surface area contributed by atoms with Crippen LogP contribution in [0, 0.1) is 0 Å². The first-order valence-corrected chi connectivity index (χ1v) is 7.76. The van der Waals surface area contributed by atoms with Crippen molar-refractivity contribution in [2.75, 3.05) is 51.3 Å². The molecule has 0 aliphatic carbocycles. The van der Waals surface area contributed by atoms with Crippen molar-refractivity contribution in [3.05, 3.63) is 24.3 Å². The van der Waals surface area contributed by atoms with Crippen molar-refractivity contribution in [3.63, 3.8) is 0 Å². The first-order valence-electron chi connectivity index (χ1n) is 7.35. The molecule has 21 heavy (non-hydrogen) atoms. The maximum absolute atomic E-state index is 5.41. The van der Waals surface area contributed by atoms with Crippen LogP contribution >= 0.6 is 12.2 Å². The van der Waals surface area contributed by atoms with Gasteiger partial charge in [0.05, 0.1) is 19.8 Å². The number of benzene rings is 1. The fraction of sp³-hybridized carbons (Fsp3) is 0.533. The van der Waals surface area contributed by atoms with Crippen LogP contribution in [0.2, 0.25) is 0 Å². The molecule has 1 aromatic carbocycles. The predicted molar refractivity (Wildman–Crippen MR) is 89.1 cm³/mol. The summed E-state index contributed by atoms with van der Waals surface area (Å²) in [5, 5.41) is 7.04. The van der Waals surface area contributed by atoms with Gasteiger partial charge in [-0.15, -0.1) is 0 Å². The van der Waals surface area contributed by atoms with E-state index in [0.717, 1.165) is 50.8 Å². The Kier molecular flexibility index (Phi) is 6.72. The molecule has 0 aromatic heterocycles. The lowest BCUT2D eigenvalue weighted by Gasteiger charge is -2.26. The van der Waals surface area contributed by atoms with E-state index in [1.165, 1.54) is 0 Å². The smallest absolute Gasteiger partial charge is 0.170 e. The highest BCUT2D eigenvalue weighted by Gasteiger charge is 2.09. The highest BCUT2D eigenvalue weighted by atomic mass is 32.1. The van der Waals surface area contributed by atoms with Crippen molar-refractivity contribution in [1.29, 1.82) is 0 Å². The van der Waals surface area contributed by atoms with E-state index in [9.17, 15) is 0 Å². The number of ether oxygens (including phenoxy) is 2. The topological polar surface area (TPSA) is 45.8 Å². The minimum Gasteiger partial charge on any atom is -0.494 e. The molecule has 1 heterocycles. The van der Waals surface area contributed by atoms with Gasteiger partial charge in [-0.3, -0.25) is 4.90 Å². The highest BCUT2D eigenvalue weighted by Crippen LogP contribution is 2.15. The molecule has 2 rings (SSSR count).